The van der Waals surface area contributed by atoms with Crippen molar-refractivity contribution in [3.05, 3.63) is 35.9 Å². The van der Waals surface area contributed by atoms with Crippen LogP contribution < -0.4 is 0 Å². The second-order valence-corrected chi connectivity index (χ2v) is 5.92. The van der Waals surface area contributed by atoms with Gasteiger partial charge in [-0.1, -0.05) is 44.2 Å². The minimum absolute atomic E-state index is 0.0581. The molecule has 0 radical (unpaired) electrons. The van der Waals surface area contributed by atoms with Gasteiger partial charge in [0.15, 0.2) is 5.78 Å². The minimum Gasteiger partial charge on any atom is -0.444 e. The fraction of sp³-hybridized carbons (Fsp3) is 0.500. The predicted molar refractivity (Wildman–Crippen MR) is 85.6 cm³/mol. The zero-order chi connectivity index (χ0) is 16.8. The number of hydrogen-bond donors (Lipinski definition) is 0. The number of amides is 2. The Kier molecular flexibility index (Phi) is 5.90. The number of ketones is 1. The van der Waals surface area contributed by atoms with Crippen LogP contribution in [0.2, 0.25) is 0 Å². The van der Waals surface area contributed by atoms with Gasteiger partial charge in [-0.3, -0.25) is 9.59 Å². The van der Waals surface area contributed by atoms with Gasteiger partial charge in [-0.25, -0.2) is 9.69 Å². The lowest BCUT2D eigenvalue weighted by molar-refractivity contribution is -0.142. The Bertz CT molecular complexity index is 570. The molecule has 1 unspecified atom stereocenters. The van der Waals surface area contributed by atoms with E-state index < -0.39 is 12.1 Å². The summed E-state index contributed by atoms with van der Waals surface area (Å²) in [5.41, 5.74) is 0.843. The van der Waals surface area contributed by atoms with Crippen molar-refractivity contribution < 1.29 is 19.1 Å². The Morgan fingerprint density at radius 1 is 1.30 bits per heavy atom. The van der Waals surface area contributed by atoms with Crippen molar-refractivity contribution >= 4 is 17.8 Å². The molecule has 1 fully saturated rings. The first kappa shape index (κ1) is 17.2. The first-order valence-electron chi connectivity index (χ1n) is 8.11. The number of benzene rings is 1. The average Bonchev–Trinajstić information content (AvgIpc) is 2.59. The van der Waals surface area contributed by atoms with Gasteiger partial charge in [0.1, 0.15) is 12.6 Å². The van der Waals surface area contributed by atoms with Gasteiger partial charge in [0.05, 0.1) is 0 Å². The van der Waals surface area contributed by atoms with Crippen LogP contribution >= 0.6 is 0 Å². The van der Waals surface area contributed by atoms with E-state index in [1.54, 1.807) is 0 Å². The number of ether oxygens (including phenoxy) is 1. The van der Waals surface area contributed by atoms with E-state index in [9.17, 15) is 14.4 Å². The molecule has 2 atom stereocenters. The van der Waals surface area contributed by atoms with Gasteiger partial charge in [0.2, 0.25) is 5.91 Å². The molecule has 2 rings (SSSR count). The molecule has 124 valence electrons. The number of likely N-dealkylation sites (tertiary alicyclic amines) is 1. The Morgan fingerprint density at radius 2 is 2.00 bits per heavy atom. The lowest BCUT2D eigenvalue weighted by atomic mass is 9.90. The molecule has 0 spiro atoms. The Balaban J connectivity index is 2.07. The molecule has 0 aromatic heterocycles. The Hall–Kier alpha value is -2.17. The highest BCUT2D eigenvalue weighted by Gasteiger charge is 2.39. The molecule has 1 aromatic rings. The molecule has 0 bridgehead atoms. The predicted octanol–water partition coefficient (Wildman–Crippen LogP) is 3.32. The van der Waals surface area contributed by atoms with E-state index >= 15 is 0 Å². The normalized spacial score (nSPS) is 19.3. The number of Topliss-reactive ketones (excluding diaryl/α,β-unsaturated/α-hetero) is 1. The third-order valence-electron chi connectivity index (χ3n) is 4.28. The average molecular weight is 317 g/mol. The van der Waals surface area contributed by atoms with Crippen molar-refractivity contribution in [1.82, 2.24) is 4.90 Å². The highest BCUT2D eigenvalue weighted by Crippen LogP contribution is 2.23. The fourth-order valence-corrected chi connectivity index (χ4v) is 2.69. The van der Waals surface area contributed by atoms with Gasteiger partial charge >= 0.3 is 6.09 Å². The topological polar surface area (TPSA) is 63.7 Å². The van der Waals surface area contributed by atoms with E-state index in [1.165, 1.54) is 0 Å². The molecule has 0 saturated carbocycles. The van der Waals surface area contributed by atoms with E-state index in [4.69, 9.17) is 4.74 Å². The summed E-state index contributed by atoms with van der Waals surface area (Å²) >= 11 is 0. The third kappa shape index (κ3) is 4.18. The van der Waals surface area contributed by atoms with Gasteiger partial charge in [-0.15, -0.1) is 0 Å². The maximum Gasteiger partial charge on any atom is 0.417 e. The molecule has 1 aliphatic rings. The van der Waals surface area contributed by atoms with Crippen molar-refractivity contribution in [3.8, 4) is 0 Å². The second kappa shape index (κ2) is 7.90. The van der Waals surface area contributed by atoms with Crippen LogP contribution in [0.5, 0.6) is 0 Å². The van der Waals surface area contributed by atoms with Gasteiger partial charge in [-0.05, 0) is 24.8 Å². The second-order valence-electron chi connectivity index (χ2n) is 5.92. The SMILES string of the molecule is CCC(C)C(=O)[C@@H]1CCCC(=O)N1C(=O)OCc1ccccc1. The number of rotatable bonds is 5. The van der Waals surface area contributed by atoms with Gasteiger partial charge < -0.3 is 4.74 Å². The molecule has 1 aliphatic heterocycles. The van der Waals surface area contributed by atoms with Crippen molar-refractivity contribution in [2.45, 2.75) is 52.2 Å². The first-order valence-corrected chi connectivity index (χ1v) is 8.11. The molecule has 2 amide bonds. The standard InChI is InChI=1S/C18H23NO4/c1-3-13(2)17(21)15-10-7-11-16(20)19(15)18(22)23-12-14-8-5-4-6-9-14/h4-6,8-9,13,15H,3,7,10-12H2,1-2H3/t13?,15-/m0/s1. The number of carbonyl (C=O) groups is 3. The van der Waals surface area contributed by atoms with E-state index in [-0.39, 0.29) is 30.6 Å². The highest BCUT2D eigenvalue weighted by atomic mass is 16.6. The van der Waals surface area contributed by atoms with Crippen LogP contribution in [0.4, 0.5) is 4.79 Å². The molecule has 1 aromatic carbocycles. The molecular weight excluding hydrogens is 294 g/mol. The Labute approximate surface area is 136 Å². The number of nitrogens with zero attached hydrogens (tertiary/aromatic N) is 1. The molecular formula is C18H23NO4. The van der Waals surface area contributed by atoms with Gasteiger partial charge in [0, 0.05) is 12.3 Å². The van der Waals surface area contributed by atoms with E-state index in [2.05, 4.69) is 0 Å². The molecule has 1 heterocycles. The third-order valence-corrected chi connectivity index (χ3v) is 4.28. The number of piperidine rings is 1. The van der Waals surface area contributed by atoms with Crippen LogP contribution in [0.15, 0.2) is 30.3 Å². The zero-order valence-corrected chi connectivity index (χ0v) is 13.7. The smallest absolute Gasteiger partial charge is 0.417 e. The summed E-state index contributed by atoms with van der Waals surface area (Å²) in [6, 6.07) is 8.57. The summed E-state index contributed by atoms with van der Waals surface area (Å²) in [5, 5.41) is 0. The highest BCUT2D eigenvalue weighted by molar-refractivity contribution is 6.00. The minimum atomic E-state index is -0.722. The van der Waals surface area contributed by atoms with Gasteiger partial charge in [0.25, 0.3) is 0 Å². The van der Waals surface area contributed by atoms with Crippen LogP contribution in [0.3, 0.4) is 0 Å². The summed E-state index contributed by atoms with van der Waals surface area (Å²) in [5.74, 6) is -0.552. The van der Waals surface area contributed by atoms with Crippen molar-refractivity contribution in [1.29, 1.82) is 0 Å². The van der Waals surface area contributed by atoms with E-state index in [0.717, 1.165) is 10.5 Å². The van der Waals surface area contributed by atoms with E-state index in [1.807, 2.05) is 44.2 Å². The number of hydrogen-bond acceptors (Lipinski definition) is 4. The maximum atomic E-state index is 12.5. The first-order chi connectivity index (χ1) is 11.0. The van der Waals surface area contributed by atoms with Crippen LogP contribution in [0, 0.1) is 5.92 Å². The molecule has 23 heavy (non-hydrogen) atoms. The number of imide groups is 1. The van der Waals surface area contributed by atoms with Crippen molar-refractivity contribution in [2.75, 3.05) is 0 Å². The van der Waals surface area contributed by atoms with Crippen LogP contribution in [0.1, 0.15) is 45.1 Å². The molecule has 1 saturated heterocycles. The zero-order valence-electron chi connectivity index (χ0n) is 13.7. The summed E-state index contributed by atoms with van der Waals surface area (Å²) < 4.78 is 5.25. The quantitative estimate of drug-likeness (QED) is 0.835. The lowest BCUT2D eigenvalue weighted by Gasteiger charge is -2.33. The van der Waals surface area contributed by atoms with Gasteiger partial charge in [-0.2, -0.15) is 0 Å². The fourth-order valence-electron chi connectivity index (χ4n) is 2.69. The summed E-state index contributed by atoms with van der Waals surface area (Å²) in [6.07, 6.45) is 1.41. The van der Waals surface area contributed by atoms with Crippen LogP contribution in [-0.4, -0.2) is 28.7 Å². The molecule has 5 nitrogen and oxygen atoms in total. The largest absolute Gasteiger partial charge is 0.444 e. The molecule has 0 N–H and O–H groups in total. The number of carbonyl (C=O) groups excluding carboxylic acids is 3. The van der Waals surface area contributed by atoms with Crippen molar-refractivity contribution in [2.24, 2.45) is 5.92 Å². The summed E-state index contributed by atoms with van der Waals surface area (Å²) in [4.78, 5) is 38.0. The summed E-state index contributed by atoms with van der Waals surface area (Å²) in [6.45, 7) is 3.84. The Morgan fingerprint density at radius 3 is 2.65 bits per heavy atom. The maximum absolute atomic E-state index is 12.5. The monoisotopic (exact) mass is 317 g/mol. The molecule has 0 aliphatic carbocycles. The summed E-state index contributed by atoms with van der Waals surface area (Å²) in [7, 11) is 0. The van der Waals surface area contributed by atoms with Crippen LogP contribution in [0.25, 0.3) is 0 Å². The molecule has 5 heteroatoms. The lowest BCUT2D eigenvalue weighted by Crippen LogP contribution is -2.52. The van der Waals surface area contributed by atoms with Crippen LogP contribution in [-0.2, 0) is 20.9 Å². The van der Waals surface area contributed by atoms with E-state index in [0.29, 0.717) is 19.3 Å². The van der Waals surface area contributed by atoms with Crippen molar-refractivity contribution in [3.63, 3.8) is 0 Å².